The van der Waals surface area contributed by atoms with E-state index in [1.807, 2.05) is 0 Å². The molecule has 15 heavy (non-hydrogen) atoms. The molecule has 0 bridgehead atoms. The van der Waals surface area contributed by atoms with E-state index in [0.29, 0.717) is 6.04 Å². The van der Waals surface area contributed by atoms with Crippen LogP contribution >= 0.6 is 0 Å². The molecule has 0 aromatic heterocycles. The van der Waals surface area contributed by atoms with Crippen LogP contribution in [0.2, 0.25) is 0 Å². The predicted molar refractivity (Wildman–Crippen MR) is 64.7 cm³/mol. The van der Waals surface area contributed by atoms with Gasteiger partial charge in [0.15, 0.2) is 0 Å². The first-order valence-corrected chi connectivity index (χ1v) is 6.68. The van der Waals surface area contributed by atoms with Gasteiger partial charge in [0.05, 0.1) is 0 Å². The fourth-order valence-corrected chi connectivity index (χ4v) is 3.27. The normalized spacial score (nSPS) is 43.4. The number of nitrogens with two attached hydrogens (primary N) is 1. The molecular weight excluding hydrogens is 184 g/mol. The number of likely N-dealkylation sites (tertiary alicyclic amines) is 1. The fourth-order valence-electron chi connectivity index (χ4n) is 3.27. The zero-order valence-electron chi connectivity index (χ0n) is 10.3. The van der Waals surface area contributed by atoms with Crippen LogP contribution in [0.4, 0.5) is 0 Å². The highest BCUT2D eigenvalue weighted by Gasteiger charge is 2.30. The Morgan fingerprint density at radius 2 is 1.93 bits per heavy atom. The number of piperidine rings is 1. The molecule has 4 unspecified atom stereocenters. The Morgan fingerprint density at radius 1 is 1.13 bits per heavy atom. The third-order valence-corrected chi connectivity index (χ3v) is 4.69. The topological polar surface area (TPSA) is 29.3 Å². The molecule has 1 aliphatic heterocycles. The summed E-state index contributed by atoms with van der Waals surface area (Å²) in [4.78, 5) is 2.68. The summed E-state index contributed by atoms with van der Waals surface area (Å²) in [6.45, 7) is 7.34. The van der Waals surface area contributed by atoms with E-state index in [1.165, 1.54) is 45.2 Å². The minimum atomic E-state index is 0.481. The molecule has 2 nitrogen and oxygen atoms in total. The zero-order valence-corrected chi connectivity index (χ0v) is 10.3. The lowest BCUT2D eigenvalue weighted by Gasteiger charge is -2.39. The van der Waals surface area contributed by atoms with Crippen molar-refractivity contribution < 1.29 is 0 Å². The largest absolute Gasteiger partial charge is 0.327 e. The van der Waals surface area contributed by atoms with Gasteiger partial charge in [0.25, 0.3) is 0 Å². The van der Waals surface area contributed by atoms with Gasteiger partial charge in [-0.3, -0.25) is 0 Å². The van der Waals surface area contributed by atoms with Gasteiger partial charge in [0.2, 0.25) is 0 Å². The quantitative estimate of drug-likeness (QED) is 0.757. The van der Waals surface area contributed by atoms with Crippen LogP contribution in [0.25, 0.3) is 0 Å². The van der Waals surface area contributed by atoms with E-state index in [4.69, 9.17) is 5.73 Å². The van der Waals surface area contributed by atoms with Crippen molar-refractivity contribution in [1.29, 1.82) is 0 Å². The highest BCUT2D eigenvalue weighted by atomic mass is 15.2. The predicted octanol–water partition coefficient (Wildman–Crippen LogP) is 2.23. The van der Waals surface area contributed by atoms with Crippen molar-refractivity contribution in [2.75, 3.05) is 13.1 Å². The third-order valence-electron chi connectivity index (χ3n) is 4.69. The van der Waals surface area contributed by atoms with Crippen molar-refractivity contribution in [1.82, 2.24) is 4.90 Å². The maximum absolute atomic E-state index is 6.15. The fraction of sp³-hybridized carbons (Fsp3) is 1.00. The molecule has 88 valence electrons. The van der Waals surface area contributed by atoms with Gasteiger partial charge in [0.1, 0.15) is 0 Å². The van der Waals surface area contributed by atoms with Crippen LogP contribution in [0.5, 0.6) is 0 Å². The third kappa shape index (κ3) is 2.54. The Kier molecular flexibility index (Phi) is 3.68. The van der Waals surface area contributed by atoms with Gasteiger partial charge in [-0.05, 0) is 51.0 Å². The van der Waals surface area contributed by atoms with Gasteiger partial charge < -0.3 is 10.6 Å². The summed E-state index contributed by atoms with van der Waals surface area (Å²) in [6.07, 6.45) is 6.76. The van der Waals surface area contributed by atoms with Crippen LogP contribution < -0.4 is 5.73 Å². The second-order valence-electron chi connectivity index (χ2n) is 5.71. The molecule has 2 fully saturated rings. The molecule has 2 rings (SSSR count). The van der Waals surface area contributed by atoms with E-state index < -0.39 is 0 Å². The van der Waals surface area contributed by atoms with E-state index in [0.717, 1.165) is 17.9 Å². The van der Waals surface area contributed by atoms with E-state index in [1.54, 1.807) is 0 Å². The minimum absolute atomic E-state index is 0.481. The van der Waals surface area contributed by atoms with Crippen LogP contribution in [0.1, 0.15) is 46.0 Å². The first-order chi connectivity index (χ1) is 7.18. The second-order valence-corrected chi connectivity index (χ2v) is 5.71. The highest BCUT2D eigenvalue weighted by Crippen LogP contribution is 2.29. The maximum Gasteiger partial charge on any atom is 0.00926 e. The summed E-state index contributed by atoms with van der Waals surface area (Å²) >= 11 is 0. The van der Waals surface area contributed by atoms with Gasteiger partial charge >= 0.3 is 0 Å². The molecule has 1 aliphatic carbocycles. The Morgan fingerprint density at radius 3 is 2.60 bits per heavy atom. The molecule has 2 heteroatoms. The van der Waals surface area contributed by atoms with E-state index in [-0.39, 0.29) is 0 Å². The first kappa shape index (κ1) is 11.4. The summed E-state index contributed by atoms with van der Waals surface area (Å²) in [5, 5.41) is 0. The molecule has 0 aromatic rings. The monoisotopic (exact) mass is 210 g/mol. The number of nitrogens with zero attached hydrogens (tertiary/aromatic N) is 1. The Balaban J connectivity index is 1.87. The van der Waals surface area contributed by atoms with Crippen LogP contribution in [0.3, 0.4) is 0 Å². The van der Waals surface area contributed by atoms with Crippen molar-refractivity contribution in [3.05, 3.63) is 0 Å². The number of hydrogen-bond donors (Lipinski definition) is 1. The van der Waals surface area contributed by atoms with E-state index >= 15 is 0 Å². The molecule has 1 saturated carbocycles. The van der Waals surface area contributed by atoms with Gasteiger partial charge in [-0.1, -0.05) is 13.3 Å². The summed E-state index contributed by atoms with van der Waals surface area (Å²) in [7, 11) is 0. The molecule has 2 N–H and O–H groups in total. The summed E-state index contributed by atoms with van der Waals surface area (Å²) in [5.41, 5.74) is 6.15. The van der Waals surface area contributed by atoms with Crippen LogP contribution in [-0.2, 0) is 0 Å². The van der Waals surface area contributed by atoms with Gasteiger partial charge in [-0.25, -0.2) is 0 Å². The number of rotatable bonds is 2. The second kappa shape index (κ2) is 4.84. The highest BCUT2D eigenvalue weighted by molar-refractivity contribution is 4.86. The molecule has 0 radical (unpaired) electrons. The summed E-state index contributed by atoms with van der Waals surface area (Å²) < 4.78 is 0. The SMILES string of the molecule is CC1CCCN(CC2CCCC2N)C1C. The minimum Gasteiger partial charge on any atom is -0.327 e. The molecule has 1 heterocycles. The van der Waals surface area contributed by atoms with Gasteiger partial charge in [-0.15, -0.1) is 0 Å². The maximum atomic E-state index is 6.15. The van der Waals surface area contributed by atoms with Crippen molar-refractivity contribution in [2.45, 2.75) is 58.0 Å². The summed E-state index contributed by atoms with van der Waals surface area (Å²) in [6, 6.07) is 1.25. The summed E-state index contributed by atoms with van der Waals surface area (Å²) in [5.74, 6) is 1.65. The average Bonchev–Trinajstić information content (AvgIpc) is 2.60. The molecule has 0 aromatic carbocycles. The Bertz CT molecular complexity index is 205. The molecule has 0 amide bonds. The molecule has 2 aliphatic rings. The lowest BCUT2D eigenvalue weighted by Crippen LogP contribution is -2.46. The van der Waals surface area contributed by atoms with E-state index in [2.05, 4.69) is 18.7 Å². The van der Waals surface area contributed by atoms with Crippen molar-refractivity contribution in [3.8, 4) is 0 Å². The first-order valence-electron chi connectivity index (χ1n) is 6.68. The van der Waals surface area contributed by atoms with Crippen LogP contribution in [0.15, 0.2) is 0 Å². The van der Waals surface area contributed by atoms with Crippen molar-refractivity contribution in [3.63, 3.8) is 0 Å². The van der Waals surface area contributed by atoms with Crippen LogP contribution in [0, 0.1) is 11.8 Å². The van der Waals surface area contributed by atoms with E-state index in [9.17, 15) is 0 Å². The lowest BCUT2D eigenvalue weighted by atomic mass is 9.90. The van der Waals surface area contributed by atoms with Crippen LogP contribution in [-0.4, -0.2) is 30.1 Å². The zero-order chi connectivity index (χ0) is 10.8. The van der Waals surface area contributed by atoms with Gasteiger partial charge in [0, 0.05) is 18.6 Å². The van der Waals surface area contributed by atoms with Gasteiger partial charge in [-0.2, -0.15) is 0 Å². The van der Waals surface area contributed by atoms with Crippen molar-refractivity contribution >= 4 is 0 Å². The molecule has 4 atom stereocenters. The smallest absolute Gasteiger partial charge is 0.00926 e. The van der Waals surface area contributed by atoms with Crippen molar-refractivity contribution in [2.24, 2.45) is 17.6 Å². The Hall–Kier alpha value is -0.0800. The average molecular weight is 210 g/mol. The molecule has 0 spiro atoms. The number of hydrogen-bond acceptors (Lipinski definition) is 2. The lowest BCUT2D eigenvalue weighted by molar-refractivity contribution is 0.0933. The molecule has 1 saturated heterocycles. The molecular formula is C13H26N2. The standard InChI is InChI=1S/C13H26N2/c1-10-5-4-8-15(11(10)2)9-12-6-3-7-13(12)14/h10-13H,3-9,14H2,1-2H3. The Labute approximate surface area is 94.2 Å².